The quantitative estimate of drug-likeness (QED) is 0.658. The molecule has 2 heterocycles. The molecule has 2 aromatic carbocycles. The van der Waals surface area contributed by atoms with Gasteiger partial charge in [0, 0.05) is 0 Å². The van der Waals surface area contributed by atoms with E-state index in [1.54, 1.807) is 0 Å². The van der Waals surface area contributed by atoms with Gasteiger partial charge < -0.3 is 0 Å². The van der Waals surface area contributed by atoms with E-state index in [0.29, 0.717) is 0 Å². The van der Waals surface area contributed by atoms with Crippen LogP contribution in [0.5, 0.6) is 0 Å². The summed E-state index contributed by atoms with van der Waals surface area (Å²) in [4.78, 5) is 4.42. The number of rotatable bonds is 1. The van der Waals surface area contributed by atoms with Crippen LogP contribution in [0.2, 0.25) is 0 Å². The van der Waals surface area contributed by atoms with Gasteiger partial charge in [0.05, 0.1) is 23.8 Å². The highest BCUT2D eigenvalue weighted by molar-refractivity contribution is 5.75. The molecule has 0 unspecified atom stereocenters. The second-order valence-electron chi connectivity index (χ2n) is 4.61. The van der Waals surface area contributed by atoms with Crippen molar-refractivity contribution in [1.82, 2.24) is 9.66 Å². The van der Waals surface area contributed by atoms with E-state index >= 15 is 0 Å². The summed E-state index contributed by atoms with van der Waals surface area (Å²) in [7, 11) is 0. The van der Waals surface area contributed by atoms with Crippen LogP contribution < -0.4 is 5.01 Å². The van der Waals surface area contributed by atoms with Crippen LogP contribution >= 0.6 is 0 Å². The van der Waals surface area contributed by atoms with E-state index < -0.39 is 0 Å². The Kier molecular flexibility index (Phi) is 2.18. The fraction of sp³-hybridized carbons (Fsp3) is 0.0625. The molecular weight excluding hydrogens is 234 g/mol. The molecule has 3 nitrogen and oxygen atoms in total. The lowest BCUT2D eigenvalue weighted by Gasteiger charge is -2.25. The molecule has 91 valence electrons. The van der Waals surface area contributed by atoms with Gasteiger partial charge in [0.2, 0.25) is 0 Å². The van der Waals surface area contributed by atoms with Gasteiger partial charge in [0.25, 0.3) is 0 Å². The van der Waals surface area contributed by atoms with Crippen molar-refractivity contribution in [2.24, 2.45) is 0 Å². The first-order valence-corrected chi connectivity index (χ1v) is 6.29. The number of imidazole rings is 1. The van der Waals surface area contributed by atoms with Gasteiger partial charge in [0.15, 0.2) is 0 Å². The predicted molar refractivity (Wildman–Crippen MR) is 75.8 cm³/mol. The highest BCUT2D eigenvalue weighted by Gasteiger charge is 2.13. The molecule has 0 spiro atoms. The standard InChI is InChI=1S/C16H12N3/c1-2-6-14-11-18(10-9-13(14)5-1)19-12-17-15-7-3-4-8-16(15)19/h1-9,12H,11H2. The summed E-state index contributed by atoms with van der Waals surface area (Å²) in [6.07, 6.45) is 7.17. The third-order valence-electron chi connectivity index (χ3n) is 3.44. The monoisotopic (exact) mass is 246 g/mol. The first-order valence-electron chi connectivity index (χ1n) is 6.29. The third-order valence-corrected chi connectivity index (χ3v) is 3.44. The molecule has 0 N–H and O–H groups in total. The Labute approximate surface area is 111 Å². The van der Waals surface area contributed by atoms with E-state index in [4.69, 9.17) is 0 Å². The number of hydrogen-bond donors (Lipinski definition) is 0. The number of aromatic nitrogens is 2. The minimum absolute atomic E-state index is 0.813. The number of benzene rings is 2. The van der Waals surface area contributed by atoms with Gasteiger partial charge in [-0.2, -0.15) is 0 Å². The summed E-state index contributed by atoms with van der Waals surface area (Å²) in [5.74, 6) is 0. The van der Waals surface area contributed by atoms with Crippen LogP contribution in [0, 0.1) is 6.20 Å². The average Bonchev–Trinajstić information content (AvgIpc) is 2.91. The molecule has 0 atom stereocenters. The summed E-state index contributed by atoms with van der Waals surface area (Å²) in [6, 6.07) is 16.5. The van der Waals surface area contributed by atoms with E-state index in [0.717, 1.165) is 17.6 Å². The van der Waals surface area contributed by atoms with Crippen LogP contribution in [0.15, 0.2) is 54.9 Å². The van der Waals surface area contributed by atoms with Crippen LogP contribution in [-0.4, -0.2) is 9.66 Å². The van der Waals surface area contributed by atoms with Crippen molar-refractivity contribution in [2.45, 2.75) is 6.54 Å². The first-order chi connectivity index (χ1) is 9.42. The normalized spacial score (nSPS) is 13.8. The molecule has 19 heavy (non-hydrogen) atoms. The van der Waals surface area contributed by atoms with E-state index in [1.807, 2.05) is 35.3 Å². The first kappa shape index (κ1) is 10.4. The number of nitrogens with zero attached hydrogens (tertiary/aromatic N) is 3. The van der Waals surface area contributed by atoms with E-state index in [-0.39, 0.29) is 0 Å². The lowest BCUT2D eigenvalue weighted by Crippen LogP contribution is -2.30. The molecule has 0 saturated carbocycles. The van der Waals surface area contributed by atoms with Crippen molar-refractivity contribution in [3.63, 3.8) is 0 Å². The Bertz CT molecular complexity index is 770. The predicted octanol–water partition coefficient (Wildman–Crippen LogP) is 2.96. The maximum absolute atomic E-state index is 4.42. The van der Waals surface area contributed by atoms with Gasteiger partial charge in [-0.15, -0.1) is 0 Å². The lowest BCUT2D eigenvalue weighted by molar-refractivity contribution is 0.680. The van der Waals surface area contributed by atoms with Crippen molar-refractivity contribution >= 4 is 17.1 Å². The Morgan fingerprint density at radius 3 is 2.84 bits per heavy atom. The summed E-state index contributed by atoms with van der Waals surface area (Å²) < 4.78 is 2.04. The van der Waals surface area contributed by atoms with E-state index in [2.05, 4.69) is 46.5 Å². The molecule has 1 aromatic heterocycles. The number of hydrogen-bond acceptors (Lipinski definition) is 2. The SMILES string of the molecule is [C]1=Cc2ccccc2CN1n1cnc2ccccc21. The zero-order chi connectivity index (χ0) is 12.7. The van der Waals surface area contributed by atoms with Crippen LogP contribution in [0.25, 0.3) is 17.1 Å². The van der Waals surface area contributed by atoms with Crippen molar-refractivity contribution in [3.8, 4) is 0 Å². The lowest BCUT2D eigenvalue weighted by atomic mass is 10.1. The highest BCUT2D eigenvalue weighted by atomic mass is 15.5. The topological polar surface area (TPSA) is 21.1 Å². The minimum Gasteiger partial charge on any atom is -0.273 e. The molecule has 1 aliphatic heterocycles. The molecule has 4 rings (SSSR count). The van der Waals surface area contributed by atoms with E-state index in [9.17, 15) is 0 Å². The second kappa shape index (κ2) is 3.99. The van der Waals surface area contributed by atoms with E-state index in [1.165, 1.54) is 11.1 Å². The highest BCUT2D eigenvalue weighted by Crippen LogP contribution is 2.20. The third kappa shape index (κ3) is 1.63. The molecule has 0 bridgehead atoms. The summed E-state index contributed by atoms with van der Waals surface area (Å²) in [5, 5.41) is 2.05. The van der Waals surface area contributed by atoms with Gasteiger partial charge in [0.1, 0.15) is 6.33 Å². The molecule has 0 aliphatic carbocycles. The Hall–Kier alpha value is -2.55. The smallest absolute Gasteiger partial charge is 0.116 e. The van der Waals surface area contributed by atoms with Gasteiger partial charge in [-0.3, -0.25) is 5.01 Å². The Morgan fingerprint density at radius 2 is 1.84 bits per heavy atom. The molecule has 0 fully saturated rings. The maximum Gasteiger partial charge on any atom is 0.116 e. The van der Waals surface area contributed by atoms with Gasteiger partial charge >= 0.3 is 0 Å². The van der Waals surface area contributed by atoms with Crippen LogP contribution in [-0.2, 0) is 6.54 Å². The molecule has 1 aliphatic rings. The van der Waals surface area contributed by atoms with Crippen molar-refractivity contribution in [2.75, 3.05) is 5.01 Å². The van der Waals surface area contributed by atoms with Crippen molar-refractivity contribution in [1.29, 1.82) is 0 Å². The molecule has 0 saturated heterocycles. The summed E-state index contributed by atoms with van der Waals surface area (Å²) >= 11 is 0. The largest absolute Gasteiger partial charge is 0.273 e. The van der Waals surface area contributed by atoms with Gasteiger partial charge in [-0.1, -0.05) is 36.4 Å². The molecule has 0 amide bonds. The van der Waals surface area contributed by atoms with Crippen LogP contribution in [0.4, 0.5) is 0 Å². The second-order valence-corrected chi connectivity index (χ2v) is 4.61. The fourth-order valence-corrected chi connectivity index (χ4v) is 2.45. The Balaban J connectivity index is 1.79. The molecule has 3 aromatic rings. The molecule has 1 radical (unpaired) electrons. The van der Waals surface area contributed by atoms with Crippen LogP contribution in [0.1, 0.15) is 11.1 Å². The maximum atomic E-state index is 4.42. The van der Waals surface area contributed by atoms with Gasteiger partial charge in [-0.05, 0) is 29.3 Å². The number of para-hydroxylation sites is 2. The fourth-order valence-electron chi connectivity index (χ4n) is 2.45. The summed E-state index contributed by atoms with van der Waals surface area (Å²) in [6.45, 7) is 0.813. The van der Waals surface area contributed by atoms with Gasteiger partial charge in [-0.25, -0.2) is 9.66 Å². The van der Waals surface area contributed by atoms with Crippen LogP contribution in [0.3, 0.4) is 0 Å². The zero-order valence-corrected chi connectivity index (χ0v) is 10.3. The Morgan fingerprint density at radius 1 is 1.00 bits per heavy atom. The zero-order valence-electron chi connectivity index (χ0n) is 10.3. The average molecular weight is 246 g/mol. The summed E-state index contributed by atoms with van der Waals surface area (Å²) in [5.41, 5.74) is 4.65. The number of fused-ring (bicyclic) bond motifs is 2. The minimum atomic E-state index is 0.813. The molecular formula is C16H12N3. The van der Waals surface area contributed by atoms with Crippen molar-refractivity contribution < 1.29 is 0 Å². The van der Waals surface area contributed by atoms with Crippen molar-refractivity contribution in [3.05, 3.63) is 72.2 Å². The molecule has 3 heteroatoms.